The SMILES string of the molecule is Cc1nc2c(nnn2C)c2c(C)nncc12. The molecule has 3 heterocycles. The van der Waals surface area contributed by atoms with Crippen LogP contribution in [-0.2, 0) is 7.05 Å². The van der Waals surface area contributed by atoms with Crippen LogP contribution in [0.4, 0.5) is 0 Å². The van der Waals surface area contributed by atoms with Crippen LogP contribution < -0.4 is 0 Å². The molecule has 0 saturated heterocycles. The van der Waals surface area contributed by atoms with Crippen molar-refractivity contribution in [2.24, 2.45) is 7.05 Å². The zero-order valence-electron chi connectivity index (χ0n) is 9.26. The third-order valence-electron chi connectivity index (χ3n) is 2.72. The van der Waals surface area contributed by atoms with Crippen molar-refractivity contribution >= 4 is 21.9 Å². The van der Waals surface area contributed by atoms with Crippen molar-refractivity contribution in [2.75, 3.05) is 0 Å². The average Bonchev–Trinajstić information content (AvgIpc) is 2.61. The molecule has 0 aliphatic heterocycles. The van der Waals surface area contributed by atoms with E-state index < -0.39 is 0 Å². The molecule has 0 saturated carbocycles. The Hall–Kier alpha value is -2.11. The molecule has 0 N–H and O–H groups in total. The van der Waals surface area contributed by atoms with E-state index >= 15 is 0 Å². The molecular formula is C10H10N6. The minimum atomic E-state index is 0.779. The fourth-order valence-corrected chi connectivity index (χ4v) is 1.91. The predicted molar refractivity (Wildman–Crippen MR) is 58.9 cm³/mol. The van der Waals surface area contributed by atoms with E-state index in [-0.39, 0.29) is 0 Å². The first-order valence-electron chi connectivity index (χ1n) is 4.96. The van der Waals surface area contributed by atoms with Crippen LogP contribution in [0.3, 0.4) is 0 Å². The van der Waals surface area contributed by atoms with Gasteiger partial charge in [-0.1, -0.05) is 5.21 Å². The molecule has 0 spiro atoms. The fraction of sp³-hybridized carbons (Fsp3) is 0.300. The average molecular weight is 214 g/mol. The second kappa shape index (κ2) is 2.94. The Labute approximate surface area is 91.3 Å². The molecule has 0 amide bonds. The summed E-state index contributed by atoms with van der Waals surface area (Å²) in [6, 6.07) is 0. The number of nitrogens with zero attached hydrogens (tertiary/aromatic N) is 6. The largest absolute Gasteiger partial charge is 0.232 e. The molecule has 0 radical (unpaired) electrons. The molecule has 0 fully saturated rings. The van der Waals surface area contributed by atoms with Crippen LogP contribution in [-0.4, -0.2) is 30.2 Å². The van der Waals surface area contributed by atoms with E-state index in [4.69, 9.17) is 0 Å². The van der Waals surface area contributed by atoms with E-state index in [1.54, 1.807) is 10.9 Å². The topological polar surface area (TPSA) is 69.4 Å². The molecule has 3 rings (SSSR count). The lowest BCUT2D eigenvalue weighted by Crippen LogP contribution is -1.96. The summed E-state index contributed by atoms with van der Waals surface area (Å²) in [7, 11) is 1.83. The summed E-state index contributed by atoms with van der Waals surface area (Å²) in [6.45, 7) is 3.87. The lowest BCUT2D eigenvalue weighted by atomic mass is 10.1. The molecule has 80 valence electrons. The fourth-order valence-electron chi connectivity index (χ4n) is 1.91. The zero-order valence-corrected chi connectivity index (χ0v) is 9.26. The summed E-state index contributed by atoms with van der Waals surface area (Å²) < 4.78 is 1.67. The maximum absolute atomic E-state index is 4.47. The number of fused-ring (bicyclic) bond motifs is 3. The molecule has 0 bridgehead atoms. The lowest BCUT2D eigenvalue weighted by molar-refractivity contribution is 0.729. The van der Waals surface area contributed by atoms with Gasteiger partial charge in [-0.2, -0.15) is 10.2 Å². The monoisotopic (exact) mass is 214 g/mol. The van der Waals surface area contributed by atoms with Crippen LogP contribution in [0.5, 0.6) is 0 Å². The molecule has 16 heavy (non-hydrogen) atoms. The van der Waals surface area contributed by atoms with E-state index in [0.717, 1.165) is 33.3 Å². The van der Waals surface area contributed by atoms with Crippen molar-refractivity contribution in [2.45, 2.75) is 13.8 Å². The molecule has 0 aliphatic carbocycles. The summed E-state index contributed by atoms with van der Waals surface area (Å²) in [4.78, 5) is 4.47. The van der Waals surface area contributed by atoms with Crippen molar-refractivity contribution in [1.82, 2.24) is 30.2 Å². The quantitative estimate of drug-likeness (QED) is 0.556. The summed E-state index contributed by atoms with van der Waals surface area (Å²) in [6.07, 6.45) is 1.72. The highest BCUT2D eigenvalue weighted by Gasteiger charge is 2.13. The zero-order chi connectivity index (χ0) is 11.3. The summed E-state index contributed by atoms with van der Waals surface area (Å²) in [5.74, 6) is 0. The maximum atomic E-state index is 4.47. The Morgan fingerprint density at radius 2 is 1.94 bits per heavy atom. The van der Waals surface area contributed by atoms with Crippen molar-refractivity contribution < 1.29 is 0 Å². The van der Waals surface area contributed by atoms with Crippen LogP contribution in [0.25, 0.3) is 21.9 Å². The normalized spacial score (nSPS) is 11.4. The Balaban J connectivity index is 2.68. The molecule has 3 aromatic heterocycles. The Morgan fingerprint density at radius 3 is 2.75 bits per heavy atom. The van der Waals surface area contributed by atoms with E-state index in [1.807, 2.05) is 20.9 Å². The molecule has 0 unspecified atom stereocenters. The Kier molecular flexibility index (Phi) is 1.68. The first-order chi connectivity index (χ1) is 7.68. The van der Waals surface area contributed by atoms with Gasteiger partial charge in [-0.3, -0.25) is 0 Å². The van der Waals surface area contributed by atoms with Crippen molar-refractivity contribution in [3.63, 3.8) is 0 Å². The third-order valence-corrected chi connectivity index (χ3v) is 2.72. The molecule has 0 atom stereocenters. The van der Waals surface area contributed by atoms with Crippen LogP contribution in [0.2, 0.25) is 0 Å². The number of pyridine rings is 1. The molecule has 6 heteroatoms. The van der Waals surface area contributed by atoms with Gasteiger partial charge in [-0.25, -0.2) is 9.67 Å². The number of hydrogen-bond donors (Lipinski definition) is 0. The van der Waals surface area contributed by atoms with E-state index in [0.29, 0.717) is 0 Å². The van der Waals surface area contributed by atoms with Crippen molar-refractivity contribution in [1.29, 1.82) is 0 Å². The first kappa shape index (κ1) is 9.14. The number of rotatable bonds is 0. The number of hydrogen-bond acceptors (Lipinski definition) is 5. The highest BCUT2D eigenvalue weighted by Crippen LogP contribution is 2.24. The highest BCUT2D eigenvalue weighted by molar-refractivity contribution is 6.04. The van der Waals surface area contributed by atoms with Gasteiger partial charge >= 0.3 is 0 Å². The Morgan fingerprint density at radius 1 is 1.12 bits per heavy atom. The van der Waals surface area contributed by atoms with Gasteiger partial charge in [0.05, 0.1) is 11.9 Å². The molecule has 6 nitrogen and oxygen atoms in total. The molecule has 3 aromatic rings. The molecule has 0 aromatic carbocycles. The van der Waals surface area contributed by atoms with E-state index in [1.165, 1.54) is 0 Å². The number of aromatic nitrogens is 6. The van der Waals surface area contributed by atoms with Crippen LogP contribution in [0.15, 0.2) is 6.20 Å². The van der Waals surface area contributed by atoms with Crippen LogP contribution in [0.1, 0.15) is 11.4 Å². The van der Waals surface area contributed by atoms with Gasteiger partial charge in [-0.05, 0) is 13.8 Å². The van der Waals surface area contributed by atoms with E-state index in [9.17, 15) is 0 Å². The minimum absolute atomic E-state index is 0.779. The molecular weight excluding hydrogens is 204 g/mol. The number of aryl methyl sites for hydroxylation is 3. The van der Waals surface area contributed by atoms with Gasteiger partial charge in [0.2, 0.25) is 0 Å². The standard InChI is InChI=1S/C10H10N6/c1-5-7-4-11-13-6(2)8(7)9-10(12-5)16(3)15-14-9/h4H,1-3H3. The molecule has 0 aliphatic rings. The second-order valence-electron chi connectivity index (χ2n) is 3.80. The minimum Gasteiger partial charge on any atom is -0.232 e. The second-order valence-corrected chi connectivity index (χ2v) is 3.80. The van der Waals surface area contributed by atoms with E-state index in [2.05, 4.69) is 25.5 Å². The summed E-state index contributed by atoms with van der Waals surface area (Å²) in [5.41, 5.74) is 3.34. The first-order valence-corrected chi connectivity index (χ1v) is 4.96. The van der Waals surface area contributed by atoms with Gasteiger partial charge in [0, 0.05) is 23.5 Å². The van der Waals surface area contributed by atoms with Gasteiger partial charge in [0.15, 0.2) is 5.65 Å². The van der Waals surface area contributed by atoms with Crippen LogP contribution in [0, 0.1) is 13.8 Å². The smallest absolute Gasteiger partial charge is 0.179 e. The van der Waals surface area contributed by atoms with Gasteiger partial charge in [0.25, 0.3) is 0 Å². The van der Waals surface area contributed by atoms with Gasteiger partial charge < -0.3 is 0 Å². The predicted octanol–water partition coefficient (Wildman–Crippen LogP) is 0.923. The van der Waals surface area contributed by atoms with Crippen molar-refractivity contribution in [3.05, 3.63) is 17.6 Å². The third kappa shape index (κ3) is 1.04. The Bertz CT molecular complexity index is 699. The van der Waals surface area contributed by atoms with Gasteiger partial charge in [0.1, 0.15) is 5.52 Å². The van der Waals surface area contributed by atoms with Gasteiger partial charge in [-0.15, -0.1) is 5.10 Å². The summed E-state index contributed by atoms with van der Waals surface area (Å²) in [5, 5.41) is 18.1. The van der Waals surface area contributed by atoms with Crippen LogP contribution >= 0.6 is 0 Å². The maximum Gasteiger partial charge on any atom is 0.179 e. The summed E-state index contributed by atoms with van der Waals surface area (Å²) >= 11 is 0. The lowest BCUT2D eigenvalue weighted by Gasteiger charge is -2.03. The van der Waals surface area contributed by atoms with Crippen molar-refractivity contribution in [3.8, 4) is 0 Å². The highest BCUT2D eigenvalue weighted by atomic mass is 15.4.